The van der Waals surface area contributed by atoms with E-state index in [0.29, 0.717) is 17.8 Å². The second-order valence-corrected chi connectivity index (χ2v) is 5.42. The van der Waals surface area contributed by atoms with E-state index in [1.54, 1.807) is 12.4 Å². The Hall–Kier alpha value is -1.45. The van der Waals surface area contributed by atoms with Gasteiger partial charge >= 0.3 is 0 Å². The molecule has 2 aliphatic carbocycles. The minimum atomic E-state index is 0.0805. The largest absolute Gasteiger partial charge is 0.331 e. The Morgan fingerprint density at radius 2 is 1.78 bits per heavy atom. The van der Waals surface area contributed by atoms with E-state index >= 15 is 0 Å². The molecule has 2 fully saturated rings. The van der Waals surface area contributed by atoms with Gasteiger partial charge in [0.1, 0.15) is 5.69 Å². The zero-order chi connectivity index (χ0) is 12.5. The normalized spacial score (nSPS) is 20.1. The van der Waals surface area contributed by atoms with E-state index in [1.807, 2.05) is 6.92 Å². The van der Waals surface area contributed by atoms with Crippen LogP contribution in [0.4, 0.5) is 0 Å². The van der Waals surface area contributed by atoms with Gasteiger partial charge in [0.2, 0.25) is 0 Å². The molecule has 0 spiro atoms. The standard InChI is InChI=1S/C14H19N3O/c1-10-8-16-13(9-15-10)14(18)17(12-6-7-12)11-4-2-3-5-11/h8-9,11-12H,2-7H2,1H3. The minimum absolute atomic E-state index is 0.0805. The molecule has 18 heavy (non-hydrogen) atoms. The molecule has 3 rings (SSSR count). The van der Waals surface area contributed by atoms with Crippen LogP contribution in [-0.4, -0.2) is 32.9 Å². The van der Waals surface area contributed by atoms with Crippen molar-refractivity contribution in [1.82, 2.24) is 14.9 Å². The number of rotatable bonds is 3. The summed E-state index contributed by atoms with van der Waals surface area (Å²) in [5.74, 6) is 0.0805. The Bertz CT molecular complexity index is 433. The molecule has 4 heteroatoms. The van der Waals surface area contributed by atoms with Gasteiger partial charge in [-0.25, -0.2) is 4.98 Å². The van der Waals surface area contributed by atoms with Crippen LogP contribution in [0.25, 0.3) is 0 Å². The fraction of sp³-hybridized carbons (Fsp3) is 0.643. The Kier molecular flexibility index (Phi) is 3.02. The molecular weight excluding hydrogens is 226 g/mol. The highest BCUT2D eigenvalue weighted by Gasteiger charge is 2.39. The van der Waals surface area contributed by atoms with Crippen LogP contribution in [0.1, 0.15) is 54.7 Å². The smallest absolute Gasteiger partial charge is 0.274 e. The summed E-state index contributed by atoms with van der Waals surface area (Å²) in [5.41, 5.74) is 1.35. The van der Waals surface area contributed by atoms with E-state index in [4.69, 9.17) is 0 Å². The van der Waals surface area contributed by atoms with Crippen LogP contribution < -0.4 is 0 Å². The maximum Gasteiger partial charge on any atom is 0.274 e. The summed E-state index contributed by atoms with van der Waals surface area (Å²) in [7, 11) is 0. The molecule has 1 heterocycles. The maximum absolute atomic E-state index is 12.5. The van der Waals surface area contributed by atoms with Crippen molar-refractivity contribution in [3.8, 4) is 0 Å². The summed E-state index contributed by atoms with van der Waals surface area (Å²) in [6.45, 7) is 1.89. The van der Waals surface area contributed by atoms with Crippen molar-refractivity contribution in [3.63, 3.8) is 0 Å². The fourth-order valence-electron chi connectivity index (χ4n) is 2.80. The van der Waals surface area contributed by atoms with Crippen molar-refractivity contribution in [1.29, 1.82) is 0 Å². The zero-order valence-corrected chi connectivity index (χ0v) is 10.8. The summed E-state index contributed by atoms with van der Waals surface area (Å²) in [5, 5.41) is 0. The number of aromatic nitrogens is 2. The van der Waals surface area contributed by atoms with Gasteiger partial charge in [-0.15, -0.1) is 0 Å². The molecule has 4 nitrogen and oxygen atoms in total. The molecule has 1 amide bonds. The topological polar surface area (TPSA) is 46.1 Å². The first-order valence-corrected chi connectivity index (χ1v) is 6.87. The SMILES string of the molecule is Cc1cnc(C(=O)N(C2CCCC2)C2CC2)cn1. The third-order valence-electron chi connectivity index (χ3n) is 3.89. The van der Waals surface area contributed by atoms with Crippen molar-refractivity contribution in [2.75, 3.05) is 0 Å². The van der Waals surface area contributed by atoms with Crippen molar-refractivity contribution in [2.45, 2.75) is 57.5 Å². The lowest BCUT2D eigenvalue weighted by Crippen LogP contribution is -2.41. The second-order valence-electron chi connectivity index (χ2n) is 5.42. The lowest BCUT2D eigenvalue weighted by atomic mass is 10.2. The van der Waals surface area contributed by atoms with E-state index in [9.17, 15) is 4.79 Å². The summed E-state index contributed by atoms with van der Waals surface area (Å²) in [6.07, 6.45) is 10.4. The van der Waals surface area contributed by atoms with E-state index in [1.165, 1.54) is 12.8 Å². The number of hydrogen-bond donors (Lipinski definition) is 0. The molecule has 0 bridgehead atoms. The summed E-state index contributed by atoms with van der Waals surface area (Å²) < 4.78 is 0. The van der Waals surface area contributed by atoms with Crippen LogP contribution in [-0.2, 0) is 0 Å². The molecule has 0 aromatic carbocycles. The molecule has 1 aromatic heterocycles. The predicted molar refractivity (Wildman–Crippen MR) is 68.2 cm³/mol. The number of aryl methyl sites for hydroxylation is 1. The van der Waals surface area contributed by atoms with Gasteiger partial charge in [0, 0.05) is 18.3 Å². The molecule has 0 radical (unpaired) electrons. The third kappa shape index (κ3) is 2.24. The minimum Gasteiger partial charge on any atom is -0.331 e. The Labute approximate surface area is 107 Å². The van der Waals surface area contributed by atoms with Crippen LogP contribution in [0.3, 0.4) is 0 Å². The first-order valence-electron chi connectivity index (χ1n) is 6.87. The van der Waals surface area contributed by atoms with Crippen LogP contribution in [0, 0.1) is 6.92 Å². The van der Waals surface area contributed by atoms with Gasteiger partial charge in [0.25, 0.3) is 5.91 Å². The average Bonchev–Trinajstić information content (AvgIpc) is 3.05. The third-order valence-corrected chi connectivity index (χ3v) is 3.89. The van der Waals surface area contributed by atoms with Crippen LogP contribution >= 0.6 is 0 Å². The van der Waals surface area contributed by atoms with E-state index < -0.39 is 0 Å². The Balaban J connectivity index is 1.81. The van der Waals surface area contributed by atoms with E-state index in [-0.39, 0.29) is 5.91 Å². The fourth-order valence-corrected chi connectivity index (χ4v) is 2.80. The van der Waals surface area contributed by atoms with Crippen molar-refractivity contribution in [3.05, 3.63) is 23.8 Å². The number of carbonyl (C=O) groups is 1. The monoisotopic (exact) mass is 245 g/mol. The Morgan fingerprint density at radius 3 is 2.33 bits per heavy atom. The van der Waals surface area contributed by atoms with Gasteiger partial charge in [-0.1, -0.05) is 12.8 Å². The highest BCUT2D eigenvalue weighted by Crippen LogP contribution is 2.35. The number of amides is 1. The highest BCUT2D eigenvalue weighted by molar-refractivity contribution is 5.92. The number of carbonyl (C=O) groups excluding carboxylic acids is 1. The molecule has 0 saturated heterocycles. The van der Waals surface area contributed by atoms with Crippen LogP contribution in [0.5, 0.6) is 0 Å². The molecule has 96 valence electrons. The van der Waals surface area contributed by atoms with Gasteiger partial charge in [-0.3, -0.25) is 9.78 Å². The number of nitrogens with zero attached hydrogens (tertiary/aromatic N) is 3. The summed E-state index contributed by atoms with van der Waals surface area (Å²) in [4.78, 5) is 23.0. The van der Waals surface area contributed by atoms with Crippen molar-refractivity contribution in [2.24, 2.45) is 0 Å². The van der Waals surface area contributed by atoms with E-state index in [0.717, 1.165) is 31.4 Å². The highest BCUT2D eigenvalue weighted by atomic mass is 16.2. The van der Waals surface area contributed by atoms with Gasteiger partial charge in [0.15, 0.2) is 0 Å². The van der Waals surface area contributed by atoms with Gasteiger partial charge in [0.05, 0.1) is 11.9 Å². The quantitative estimate of drug-likeness (QED) is 0.821. The van der Waals surface area contributed by atoms with Crippen LogP contribution in [0.15, 0.2) is 12.4 Å². The first-order chi connectivity index (χ1) is 8.75. The van der Waals surface area contributed by atoms with E-state index in [2.05, 4.69) is 14.9 Å². The first kappa shape index (κ1) is 11.6. The Morgan fingerprint density at radius 1 is 1.11 bits per heavy atom. The molecule has 0 atom stereocenters. The second kappa shape index (κ2) is 4.67. The zero-order valence-electron chi connectivity index (χ0n) is 10.8. The molecule has 0 unspecified atom stereocenters. The van der Waals surface area contributed by atoms with Crippen molar-refractivity contribution >= 4 is 5.91 Å². The summed E-state index contributed by atoms with van der Waals surface area (Å²) in [6, 6.07) is 0.900. The molecule has 2 saturated carbocycles. The average molecular weight is 245 g/mol. The molecule has 0 N–H and O–H groups in total. The molecule has 1 aromatic rings. The molecular formula is C14H19N3O. The van der Waals surface area contributed by atoms with Crippen LogP contribution in [0.2, 0.25) is 0 Å². The lowest BCUT2D eigenvalue weighted by Gasteiger charge is -2.28. The van der Waals surface area contributed by atoms with Gasteiger partial charge in [-0.05, 0) is 32.6 Å². The molecule has 2 aliphatic rings. The molecule has 0 aliphatic heterocycles. The van der Waals surface area contributed by atoms with Gasteiger partial charge in [-0.2, -0.15) is 0 Å². The van der Waals surface area contributed by atoms with Crippen molar-refractivity contribution < 1.29 is 4.79 Å². The maximum atomic E-state index is 12.5. The lowest BCUT2D eigenvalue weighted by molar-refractivity contribution is 0.0657. The van der Waals surface area contributed by atoms with Gasteiger partial charge < -0.3 is 4.90 Å². The number of hydrogen-bond acceptors (Lipinski definition) is 3. The summed E-state index contributed by atoms with van der Waals surface area (Å²) >= 11 is 0. The predicted octanol–water partition coefficient (Wildman–Crippen LogP) is 2.33.